The fourth-order valence-corrected chi connectivity index (χ4v) is 1.17. The highest BCUT2D eigenvalue weighted by atomic mass is 16.5. The molecule has 0 atom stereocenters. The highest BCUT2D eigenvalue weighted by Crippen LogP contribution is 1.98. The largest absolute Gasteiger partial charge is 0.381 e. The van der Waals surface area contributed by atoms with Crippen LogP contribution in [0.1, 0.15) is 45.4 Å². The minimum absolute atomic E-state index is 0.610. The Bertz CT molecular complexity index is 153. The summed E-state index contributed by atoms with van der Waals surface area (Å²) in [7, 11) is 0. The molecule has 0 unspecified atom stereocenters. The second kappa shape index (κ2) is 12.3. The number of ether oxygens (including phenoxy) is 1. The number of isocyanates is 1. The molecule has 0 saturated heterocycles. The van der Waals surface area contributed by atoms with Gasteiger partial charge in [-0.05, 0) is 25.7 Å². The normalized spacial score (nSPS) is 9.79. The second-order valence-electron chi connectivity index (χ2n) is 3.35. The third-order valence-corrected chi connectivity index (χ3v) is 2.02. The molecule has 0 amide bonds. The molecule has 0 aromatic carbocycles. The van der Waals surface area contributed by atoms with Crippen molar-refractivity contribution in [1.29, 1.82) is 0 Å². The van der Waals surface area contributed by atoms with Crippen molar-refractivity contribution in [3.8, 4) is 0 Å². The van der Waals surface area contributed by atoms with Gasteiger partial charge in [-0.25, -0.2) is 9.79 Å². The van der Waals surface area contributed by atoms with Crippen LogP contribution in [-0.2, 0) is 9.53 Å². The number of hydrogen-bond acceptors (Lipinski definition) is 3. The van der Waals surface area contributed by atoms with Crippen LogP contribution in [0.5, 0.6) is 0 Å². The Morgan fingerprint density at radius 1 is 1.07 bits per heavy atom. The van der Waals surface area contributed by atoms with Gasteiger partial charge in [0.05, 0.1) is 6.54 Å². The molecule has 3 heteroatoms. The first kappa shape index (κ1) is 13.3. The highest BCUT2D eigenvalue weighted by Gasteiger charge is 1.90. The van der Waals surface area contributed by atoms with Crippen molar-refractivity contribution in [2.45, 2.75) is 45.4 Å². The monoisotopic (exact) mass is 199 g/mol. The van der Waals surface area contributed by atoms with Gasteiger partial charge in [-0.1, -0.05) is 19.8 Å². The molecule has 0 spiro atoms. The lowest BCUT2D eigenvalue weighted by molar-refractivity contribution is 0.126. The van der Waals surface area contributed by atoms with Gasteiger partial charge >= 0.3 is 0 Å². The van der Waals surface area contributed by atoms with E-state index in [2.05, 4.69) is 11.9 Å². The molecule has 0 rings (SSSR count). The van der Waals surface area contributed by atoms with Crippen LogP contribution in [0, 0.1) is 0 Å². The maximum atomic E-state index is 9.72. The zero-order valence-electron chi connectivity index (χ0n) is 9.13. The van der Waals surface area contributed by atoms with E-state index < -0.39 is 0 Å². The molecule has 0 aromatic rings. The van der Waals surface area contributed by atoms with E-state index in [1.165, 1.54) is 25.3 Å². The molecule has 0 fully saturated rings. The summed E-state index contributed by atoms with van der Waals surface area (Å²) in [6.07, 6.45) is 8.33. The van der Waals surface area contributed by atoms with Gasteiger partial charge in [0.2, 0.25) is 6.08 Å². The Morgan fingerprint density at radius 2 is 1.79 bits per heavy atom. The lowest BCUT2D eigenvalue weighted by Gasteiger charge is -2.02. The van der Waals surface area contributed by atoms with Gasteiger partial charge in [0, 0.05) is 13.2 Å². The van der Waals surface area contributed by atoms with Gasteiger partial charge in [-0.15, -0.1) is 0 Å². The van der Waals surface area contributed by atoms with E-state index in [9.17, 15) is 4.79 Å². The number of unbranched alkanes of at least 4 members (excludes halogenated alkanes) is 4. The molecule has 0 saturated carbocycles. The minimum atomic E-state index is 0.610. The summed E-state index contributed by atoms with van der Waals surface area (Å²) in [6, 6.07) is 0. The standard InChI is InChI=1S/C11H21NO2/c1-2-3-6-9-14-10-7-4-5-8-12-11-13/h2-10H2,1H3. The summed E-state index contributed by atoms with van der Waals surface area (Å²) >= 11 is 0. The van der Waals surface area contributed by atoms with E-state index in [0.29, 0.717) is 6.54 Å². The molecular formula is C11H21NO2. The molecule has 0 N–H and O–H groups in total. The molecule has 0 aliphatic carbocycles. The van der Waals surface area contributed by atoms with Crippen molar-refractivity contribution in [1.82, 2.24) is 0 Å². The number of rotatable bonds is 10. The molecule has 14 heavy (non-hydrogen) atoms. The third-order valence-electron chi connectivity index (χ3n) is 2.02. The summed E-state index contributed by atoms with van der Waals surface area (Å²) in [4.78, 5) is 13.2. The van der Waals surface area contributed by atoms with Gasteiger partial charge in [-0.2, -0.15) is 0 Å². The molecule has 82 valence electrons. The first-order chi connectivity index (χ1) is 6.91. The summed E-state index contributed by atoms with van der Waals surface area (Å²) in [5.41, 5.74) is 0. The molecule has 0 radical (unpaired) electrons. The molecule has 3 nitrogen and oxygen atoms in total. The van der Waals surface area contributed by atoms with Crippen LogP contribution in [0.25, 0.3) is 0 Å². The van der Waals surface area contributed by atoms with Gasteiger partial charge < -0.3 is 4.74 Å². The van der Waals surface area contributed by atoms with Gasteiger partial charge in [0.1, 0.15) is 0 Å². The van der Waals surface area contributed by atoms with E-state index in [1.54, 1.807) is 0 Å². The number of aliphatic imine (C=N–C) groups is 1. The van der Waals surface area contributed by atoms with Gasteiger partial charge in [-0.3, -0.25) is 0 Å². The summed E-state index contributed by atoms with van der Waals surface area (Å²) in [5.74, 6) is 0. The summed E-state index contributed by atoms with van der Waals surface area (Å²) < 4.78 is 5.43. The van der Waals surface area contributed by atoms with Gasteiger partial charge in [0.25, 0.3) is 0 Å². The van der Waals surface area contributed by atoms with Crippen LogP contribution in [0.3, 0.4) is 0 Å². The van der Waals surface area contributed by atoms with Crippen LogP contribution in [0.4, 0.5) is 0 Å². The fourth-order valence-electron chi connectivity index (χ4n) is 1.17. The van der Waals surface area contributed by atoms with Crippen LogP contribution in [0.15, 0.2) is 4.99 Å². The van der Waals surface area contributed by atoms with Crippen molar-refractivity contribution in [2.24, 2.45) is 4.99 Å². The van der Waals surface area contributed by atoms with Crippen molar-refractivity contribution in [3.05, 3.63) is 0 Å². The zero-order chi connectivity index (χ0) is 10.5. The maximum Gasteiger partial charge on any atom is 0.234 e. The van der Waals surface area contributed by atoms with Crippen molar-refractivity contribution < 1.29 is 9.53 Å². The molecule has 0 aliphatic heterocycles. The first-order valence-electron chi connectivity index (χ1n) is 5.53. The fraction of sp³-hybridized carbons (Fsp3) is 0.909. The third kappa shape index (κ3) is 11.3. The van der Waals surface area contributed by atoms with Crippen LogP contribution in [-0.4, -0.2) is 25.8 Å². The average Bonchev–Trinajstić information content (AvgIpc) is 2.21. The van der Waals surface area contributed by atoms with Gasteiger partial charge in [0.15, 0.2) is 0 Å². The van der Waals surface area contributed by atoms with Crippen molar-refractivity contribution in [2.75, 3.05) is 19.8 Å². The minimum Gasteiger partial charge on any atom is -0.381 e. The second-order valence-corrected chi connectivity index (χ2v) is 3.35. The maximum absolute atomic E-state index is 9.72. The Morgan fingerprint density at radius 3 is 2.43 bits per heavy atom. The van der Waals surface area contributed by atoms with E-state index in [-0.39, 0.29) is 0 Å². The predicted octanol–water partition coefficient (Wildman–Crippen LogP) is 2.70. The number of carbonyl (C=O) groups excluding carboxylic acids is 1. The SMILES string of the molecule is CCCCCOCCCCCN=C=O. The van der Waals surface area contributed by atoms with Crippen LogP contribution >= 0.6 is 0 Å². The lowest BCUT2D eigenvalue weighted by Crippen LogP contribution is -1.97. The van der Waals surface area contributed by atoms with Crippen molar-refractivity contribution >= 4 is 6.08 Å². The van der Waals surface area contributed by atoms with Crippen LogP contribution < -0.4 is 0 Å². The lowest BCUT2D eigenvalue weighted by atomic mass is 10.2. The summed E-state index contributed by atoms with van der Waals surface area (Å²) in [6.45, 7) is 4.53. The first-order valence-corrected chi connectivity index (χ1v) is 5.53. The summed E-state index contributed by atoms with van der Waals surface area (Å²) in [5, 5.41) is 0. The number of nitrogens with zero attached hydrogens (tertiary/aromatic N) is 1. The molecule has 0 bridgehead atoms. The molecule has 0 aliphatic rings. The molecule has 0 aromatic heterocycles. The Hall–Kier alpha value is -0.660. The Balaban J connectivity index is 2.88. The van der Waals surface area contributed by atoms with Crippen LogP contribution in [0.2, 0.25) is 0 Å². The van der Waals surface area contributed by atoms with Crippen molar-refractivity contribution in [3.63, 3.8) is 0 Å². The predicted molar refractivity (Wildman–Crippen MR) is 57.2 cm³/mol. The van der Waals surface area contributed by atoms with E-state index in [0.717, 1.165) is 32.5 Å². The topological polar surface area (TPSA) is 38.7 Å². The molecular weight excluding hydrogens is 178 g/mol. The smallest absolute Gasteiger partial charge is 0.234 e. The number of hydrogen-bond donors (Lipinski definition) is 0. The quantitative estimate of drug-likeness (QED) is 0.308. The Labute approximate surface area is 86.6 Å². The average molecular weight is 199 g/mol. The van der Waals surface area contributed by atoms with E-state index in [1.807, 2.05) is 0 Å². The molecule has 0 heterocycles. The Kier molecular flexibility index (Phi) is 11.8. The van der Waals surface area contributed by atoms with E-state index >= 15 is 0 Å². The zero-order valence-corrected chi connectivity index (χ0v) is 9.13. The van der Waals surface area contributed by atoms with E-state index in [4.69, 9.17) is 4.74 Å². The highest BCUT2D eigenvalue weighted by molar-refractivity contribution is 5.32.